The van der Waals surface area contributed by atoms with E-state index in [1.54, 1.807) is 24.3 Å². The van der Waals surface area contributed by atoms with Crippen molar-refractivity contribution in [2.75, 3.05) is 39.4 Å². The Morgan fingerprint density at radius 1 is 1.10 bits per heavy atom. The Morgan fingerprint density at radius 3 is 2.38 bits per heavy atom. The van der Waals surface area contributed by atoms with Crippen LogP contribution in [0.4, 0.5) is 0 Å². The number of nitrogens with zero attached hydrogens (tertiary/aromatic N) is 1. The molecule has 7 heteroatoms. The van der Waals surface area contributed by atoms with Crippen molar-refractivity contribution in [1.82, 2.24) is 15.5 Å². The Balaban J connectivity index is 1.71. The van der Waals surface area contributed by atoms with Gasteiger partial charge in [0.25, 0.3) is 5.91 Å². The van der Waals surface area contributed by atoms with Crippen LogP contribution in [0.25, 0.3) is 0 Å². The van der Waals surface area contributed by atoms with Crippen molar-refractivity contribution in [3.63, 3.8) is 0 Å². The largest absolute Gasteiger partial charge is 0.379 e. The van der Waals surface area contributed by atoms with E-state index in [4.69, 9.17) is 16.3 Å². The SMILES string of the molecule is CCC(CC)C(CNC(=O)CCCNC(=O)c1ccc(Cl)cc1)N1CCOCC1. The minimum Gasteiger partial charge on any atom is -0.379 e. The lowest BCUT2D eigenvalue weighted by molar-refractivity contribution is -0.121. The molecule has 1 aliphatic heterocycles. The molecule has 162 valence electrons. The maximum Gasteiger partial charge on any atom is 0.251 e. The summed E-state index contributed by atoms with van der Waals surface area (Å²) in [6, 6.07) is 7.10. The van der Waals surface area contributed by atoms with Gasteiger partial charge in [-0.05, 0) is 36.6 Å². The lowest BCUT2D eigenvalue weighted by atomic mass is 9.92. The fraction of sp³-hybridized carbons (Fsp3) is 0.636. The molecule has 1 fully saturated rings. The third-order valence-electron chi connectivity index (χ3n) is 5.59. The highest BCUT2D eigenvalue weighted by Crippen LogP contribution is 2.19. The Bertz CT molecular complexity index is 629. The van der Waals surface area contributed by atoms with Crippen LogP contribution in [0.3, 0.4) is 0 Å². The van der Waals surface area contributed by atoms with Crippen LogP contribution in [0, 0.1) is 5.92 Å². The summed E-state index contributed by atoms with van der Waals surface area (Å²) < 4.78 is 5.47. The van der Waals surface area contributed by atoms with Gasteiger partial charge in [-0.2, -0.15) is 0 Å². The van der Waals surface area contributed by atoms with E-state index in [-0.39, 0.29) is 11.8 Å². The van der Waals surface area contributed by atoms with Crippen LogP contribution in [-0.4, -0.2) is 62.1 Å². The van der Waals surface area contributed by atoms with Crippen molar-refractivity contribution in [2.24, 2.45) is 5.92 Å². The summed E-state index contributed by atoms with van der Waals surface area (Å²) in [6.45, 7) is 8.94. The molecular weight excluding hydrogens is 390 g/mol. The zero-order chi connectivity index (χ0) is 21.1. The molecular formula is C22H34ClN3O3. The highest BCUT2D eigenvalue weighted by Gasteiger charge is 2.27. The second-order valence-corrected chi connectivity index (χ2v) is 7.90. The number of benzene rings is 1. The number of carbonyl (C=O) groups excluding carboxylic acids is 2. The summed E-state index contributed by atoms with van der Waals surface area (Å²) in [5.41, 5.74) is 0.567. The Morgan fingerprint density at radius 2 is 1.76 bits per heavy atom. The van der Waals surface area contributed by atoms with Crippen molar-refractivity contribution in [2.45, 2.75) is 45.6 Å². The minimum absolute atomic E-state index is 0.0370. The molecule has 1 aliphatic rings. The summed E-state index contributed by atoms with van der Waals surface area (Å²) >= 11 is 5.83. The maximum atomic E-state index is 12.3. The third-order valence-corrected chi connectivity index (χ3v) is 5.84. The van der Waals surface area contributed by atoms with Crippen LogP contribution in [0.1, 0.15) is 49.9 Å². The minimum atomic E-state index is -0.150. The Hall–Kier alpha value is -1.63. The lowest BCUT2D eigenvalue weighted by Gasteiger charge is -2.38. The first-order valence-electron chi connectivity index (χ1n) is 10.7. The zero-order valence-corrected chi connectivity index (χ0v) is 18.3. The summed E-state index contributed by atoms with van der Waals surface area (Å²) in [5, 5.41) is 6.55. The number of halogens is 1. The van der Waals surface area contributed by atoms with Gasteiger partial charge in [-0.1, -0.05) is 38.3 Å². The van der Waals surface area contributed by atoms with Gasteiger partial charge in [0.05, 0.1) is 13.2 Å². The first-order chi connectivity index (χ1) is 14.0. The number of hydrogen-bond acceptors (Lipinski definition) is 4. The summed E-state index contributed by atoms with van der Waals surface area (Å²) in [7, 11) is 0. The topological polar surface area (TPSA) is 70.7 Å². The normalized spacial score (nSPS) is 15.9. The molecule has 2 N–H and O–H groups in total. The van der Waals surface area contributed by atoms with E-state index in [2.05, 4.69) is 29.4 Å². The molecule has 0 aliphatic carbocycles. The lowest BCUT2D eigenvalue weighted by Crippen LogP contribution is -2.52. The molecule has 1 aromatic rings. The van der Waals surface area contributed by atoms with E-state index >= 15 is 0 Å². The number of hydrogen-bond donors (Lipinski definition) is 2. The average molecular weight is 424 g/mol. The number of nitrogens with one attached hydrogen (secondary N) is 2. The van der Waals surface area contributed by atoms with Gasteiger partial charge in [0, 0.05) is 49.2 Å². The molecule has 0 saturated carbocycles. The summed E-state index contributed by atoms with van der Waals surface area (Å²) in [6.07, 6.45) is 3.22. The van der Waals surface area contributed by atoms with Gasteiger partial charge in [0.2, 0.25) is 5.91 Å². The number of rotatable bonds is 11. The van der Waals surface area contributed by atoms with Gasteiger partial charge < -0.3 is 15.4 Å². The molecule has 1 aromatic carbocycles. The standard InChI is InChI=1S/C22H34ClN3O3/c1-3-17(4-2)20(26-12-14-29-15-13-26)16-25-21(27)6-5-11-24-22(28)18-7-9-19(23)10-8-18/h7-10,17,20H,3-6,11-16H2,1-2H3,(H,24,28)(H,25,27). The highest BCUT2D eigenvalue weighted by atomic mass is 35.5. The second kappa shape index (κ2) is 12.8. The molecule has 1 heterocycles. The van der Waals surface area contributed by atoms with E-state index in [9.17, 15) is 9.59 Å². The van der Waals surface area contributed by atoms with Crippen molar-refractivity contribution >= 4 is 23.4 Å². The summed E-state index contributed by atoms with van der Waals surface area (Å²) in [5.74, 6) is 0.449. The van der Waals surface area contributed by atoms with Crippen molar-refractivity contribution in [1.29, 1.82) is 0 Å². The van der Waals surface area contributed by atoms with Crippen LogP contribution >= 0.6 is 11.6 Å². The maximum absolute atomic E-state index is 12.3. The van der Waals surface area contributed by atoms with Crippen molar-refractivity contribution in [3.05, 3.63) is 34.9 Å². The average Bonchev–Trinajstić information content (AvgIpc) is 2.75. The van der Waals surface area contributed by atoms with Gasteiger partial charge >= 0.3 is 0 Å². The molecule has 0 radical (unpaired) electrons. The van der Waals surface area contributed by atoms with Gasteiger partial charge in [0.1, 0.15) is 0 Å². The first kappa shape index (κ1) is 23.6. The number of morpholine rings is 1. The van der Waals surface area contributed by atoms with Crippen molar-refractivity contribution < 1.29 is 14.3 Å². The molecule has 1 saturated heterocycles. The van der Waals surface area contributed by atoms with E-state index in [0.29, 0.717) is 48.5 Å². The first-order valence-corrected chi connectivity index (χ1v) is 11.0. The monoisotopic (exact) mass is 423 g/mol. The quantitative estimate of drug-likeness (QED) is 0.536. The fourth-order valence-corrected chi connectivity index (χ4v) is 3.92. The molecule has 0 aromatic heterocycles. The van der Waals surface area contributed by atoms with Gasteiger partial charge in [0.15, 0.2) is 0 Å². The van der Waals surface area contributed by atoms with Gasteiger partial charge in [-0.3, -0.25) is 14.5 Å². The van der Waals surface area contributed by atoms with Crippen LogP contribution < -0.4 is 10.6 Å². The molecule has 0 bridgehead atoms. The smallest absolute Gasteiger partial charge is 0.251 e. The zero-order valence-electron chi connectivity index (χ0n) is 17.6. The van der Waals surface area contributed by atoms with E-state index in [1.165, 1.54) is 0 Å². The van der Waals surface area contributed by atoms with Gasteiger partial charge in [-0.25, -0.2) is 0 Å². The number of amides is 2. The van der Waals surface area contributed by atoms with Crippen LogP contribution in [0.2, 0.25) is 5.02 Å². The van der Waals surface area contributed by atoms with Crippen LogP contribution in [0.15, 0.2) is 24.3 Å². The van der Waals surface area contributed by atoms with Gasteiger partial charge in [-0.15, -0.1) is 0 Å². The molecule has 29 heavy (non-hydrogen) atoms. The van der Waals surface area contributed by atoms with Crippen LogP contribution in [0.5, 0.6) is 0 Å². The fourth-order valence-electron chi connectivity index (χ4n) is 3.80. The van der Waals surface area contributed by atoms with E-state index in [1.807, 2.05) is 0 Å². The van der Waals surface area contributed by atoms with E-state index in [0.717, 1.165) is 39.1 Å². The molecule has 1 atom stereocenters. The number of ether oxygens (including phenoxy) is 1. The molecule has 2 amide bonds. The van der Waals surface area contributed by atoms with E-state index < -0.39 is 0 Å². The third kappa shape index (κ3) is 7.96. The number of carbonyl (C=O) groups is 2. The van der Waals surface area contributed by atoms with Crippen molar-refractivity contribution in [3.8, 4) is 0 Å². The molecule has 2 rings (SSSR count). The summed E-state index contributed by atoms with van der Waals surface area (Å²) in [4.78, 5) is 26.8. The Labute approximate surface area is 179 Å². The molecule has 1 unspecified atom stereocenters. The Kier molecular flexibility index (Phi) is 10.5. The second-order valence-electron chi connectivity index (χ2n) is 7.46. The molecule has 6 nitrogen and oxygen atoms in total. The molecule has 0 spiro atoms. The highest BCUT2D eigenvalue weighted by molar-refractivity contribution is 6.30. The predicted octanol–water partition coefficient (Wildman–Crippen LogP) is 3.10. The predicted molar refractivity (Wildman–Crippen MR) is 116 cm³/mol. The van der Waals surface area contributed by atoms with Crippen LogP contribution in [-0.2, 0) is 9.53 Å².